The summed E-state index contributed by atoms with van der Waals surface area (Å²) in [4.78, 5) is 10.3. The third-order valence-corrected chi connectivity index (χ3v) is 3.73. The molecule has 11 heteroatoms. The van der Waals surface area contributed by atoms with Crippen molar-refractivity contribution in [2.24, 2.45) is 5.10 Å². The van der Waals surface area contributed by atoms with Crippen LogP contribution in [0.5, 0.6) is 5.75 Å². The maximum atomic E-state index is 10.9. The van der Waals surface area contributed by atoms with Crippen LogP contribution in [0.2, 0.25) is 0 Å². The number of anilines is 1. The summed E-state index contributed by atoms with van der Waals surface area (Å²) in [6.07, 6.45) is 1.23. The molecule has 2 aromatic carbocycles. The molecule has 10 nitrogen and oxygen atoms in total. The number of nitrogens with zero attached hydrogens (tertiary/aromatic N) is 6. The molecule has 3 aromatic rings. The highest BCUT2D eigenvalue weighted by molar-refractivity contribution is 9.10. The van der Waals surface area contributed by atoms with Gasteiger partial charge in [0.2, 0.25) is 0 Å². The van der Waals surface area contributed by atoms with Crippen molar-refractivity contribution < 1.29 is 10.0 Å². The van der Waals surface area contributed by atoms with Crippen molar-refractivity contribution in [3.63, 3.8) is 0 Å². The monoisotopic (exact) mass is 403 g/mol. The molecule has 126 valence electrons. The quantitative estimate of drug-likeness (QED) is 0.379. The van der Waals surface area contributed by atoms with Gasteiger partial charge in [-0.1, -0.05) is 23.3 Å². The standard InChI is InChI=1S/C14H10BrN7O3/c15-12-7-11(22(24)25)6-9(13(12)23)8-16-17-14-18-19-20-21(14)10-4-2-1-3-5-10/h1-8,23H,(H,17,18,20)/b16-8+. The molecule has 0 radical (unpaired) electrons. The summed E-state index contributed by atoms with van der Waals surface area (Å²) < 4.78 is 1.62. The Morgan fingerprint density at radius 1 is 1.32 bits per heavy atom. The molecule has 0 fully saturated rings. The predicted molar refractivity (Wildman–Crippen MR) is 92.8 cm³/mol. The van der Waals surface area contributed by atoms with E-state index in [0.29, 0.717) is 0 Å². The lowest BCUT2D eigenvalue weighted by Gasteiger charge is -2.04. The summed E-state index contributed by atoms with van der Waals surface area (Å²) in [5.74, 6) is 0.0743. The van der Waals surface area contributed by atoms with Gasteiger partial charge in [0, 0.05) is 17.7 Å². The molecule has 0 saturated heterocycles. The average Bonchev–Trinajstić information content (AvgIpc) is 3.07. The number of phenolic OH excluding ortho intramolecular Hbond substituents is 1. The highest BCUT2D eigenvalue weighted by Crippen LogP contribution is 2.31. The molecule has 2 N–H and O–H groups in total. The van der Waals surface area contributed by atoms with Crippen LogP contribution in [0, 0.1) is 10.1 Å². The van der Waals surface area contributed by atoms with Crippen LogP contribution >= 0.6 is 15.9 Å². The zero-order valence-electron chi connectivity index (χ0n) is 12.4. The zero-order chi connectivity index (χ0) is 17.8. The van der Waals surface area contributed by atoms with Gasteiger partial charge in [-0.3, -0.25) is 10.1 Å². The van der Waals surface area contributed by atoms with Gasteiger partial charge < -0.3 is 5.11 Å². The second-order valence-electron chi connectivity index (χ2n) is 4.74. The number of nitro benzene ring substituents is 1. The van der Waals surface area contributed by atoms with E-state index in [2.05, 4.69) is 42.0 Å². The number of halogens is 1. The van der Waals surface area contributed by atoms with Crippen LogP contribution in [-0.2, 0) is 0 Å². The largest absolute Gasteiger partial charge is 0.506 e. The predicted octanol–water partition coefficient (Wildman–Crippen LogP) is 2.48. The molecule has 0 spiro atoms. The van der Waals surface area contributed by atoms with E-state index in [1.54, 1.807) is 0 Å². The number of aromatic nitrogens is 4. The number of para-hydroxylation sites is 1. The molecule has 0 saturated carbocycles. The summed E-state index contributed by atoms with van der Waals surface area (Å²) in [6.45, 7) is 0. The van der Waals surface area contributed by atoms with E-state index in [1.807, 2.05) is 30.3 Å². The maximum Gasteiger partial charge on any atom is 0.271 e. The molecular weight excluding hydrogens is 394 g/mol. The van der Waals surface area contributed by atoms with Crippen molar-refractivity contribution in [1.29, 1.82) is 0 Å². The van der Waals surface area contributed by atoms with E-state index in [-0.39, 0.29) is 27.4 Å². The number of tetrazole rings is 1. The van der Waals surface area contributed by atoms with Gasteiger partial charge in [0.1, 0.15) is 5.75 Å². The minimum atomic E-state index is -0.565. The zero-order valence-corrected chi connectivity index (χ0v) is 14.0. The lowest BCUT2D eigenvalue weighted by atomic mass is 10.2. The molecule has 25 heavy (non-hydrogen) atoms. The number of rotatable bonds is 5. The molecule has 0 atom stereocenters. The third kappa shape index (κ3) is 3.61. The number of hydrogen-bond donors (Lipinski definition) is 2. The normalized spacial score (nSPS) is 10.9. The fourth-order valence-corrected chi connectivity index (χ4v) is 2.43. The van der Waals surface area contributed by atoms with Crippen molar-refractivity contribution in [1.82, 2.24) is 20.2 Å². The Morgan fingerprint density at radius 3 is 2.80 bits per heavy atom. The third-order valence-electron chi connectivity index (χ3n) is 3.13. The lowest BCUT2D eigenvalue weighted by molar-refractivity contribution is -0.385. The lowest BCUT2D eigenvalue weighted by Crippen LogP contribution is -2.03. The minimum Gasteiger partial charge on any atom is -0.506 e. The van der Waals surface area contributed by atoms with Gasteiger partial charge in [-0.15, -0.1) is 0 Å². The highest BCUT2D eigenvalue weighted by atomic mass is 79.9. The van der Waals surface area contributed by atoms with Gasteiger partial charge in [-0.25, -0.2) is 5.43 Å². The van der Waals surface area contributed by atoms with Gasteiger partial charge in [-0.2, -0.15) is 9.78 Å². The van der Waals surface area contributed by atoms with Crippen molar-refractivity contribution in [3.8, 4) is 11.4 Å². The van der Waals surface area contributed by atoms with E-state index in [4.69, 9.17) is 0 Å². The van der Waals surface area contributed by atoms with E-state index < -0.39 is 4.92 Å². The van der Waals surface area contributed by atoms with Crippen LogP contribution in [0.1, 0.15) is 5.56 Å². The van der Waals surface area contributed by atoms with Gasteiger partial charge in [0.25, 0.3) is 11.6 Å². The Balaban J connectivity index is 1.84. The molecule has 0 aliphatic rings. The Kier molecular flexibility index (Phi) is 4.66. The Morgan fingerprint density at radius 2 is 2.08 bits per heavy atom. The number of benzene rings is 2. The fraction of sp³-hybridized carbons (Fsp3) is 0. The first-order valence-corrected chi connectivity index (χ1v) is 7.65. The van der Waals surface area contributed by atoms with Crippen LogP contribution in [-0.4, -0.2) is 36.5 Å². The second kappa shape index (κ2) is 7.05. The first kappa shape index (κ1) is 16.5. The van der Waals surface area contributed by atoms with Crippen LogP contribution < -0.4 is 5.43 Å². The van der Waals surface area contributed by atoms with Gasteiger partial charge >= 0.3 is 0 Å². The first-order chi connectivity index (χ1) is 12.1. The molecule has 0 unspecified atom stereocenters. The first-order valence-electron chi connectivity index (χ1n) is 6.86. The average molecular weight is 404 g/mol. The minimum absolute atomic E-state index is 0.160. The van der Waals surface area contributed by atoms with E-state index in [9.17, 15) is 15.2 Å². The highest BCUT2D eigenvalue weighted by Gasteiger charge is 2.14. The van der Waals surface area contributed by atoms with Crippen molar-refractivity contribution >= 4 is 33.8 Å². The van der Waals surface area contributed by atoms with Crippen LogP contribution in [0.4, 0.5) is 11.6 Å². The van der Waals surface area contributed by atoms with Crippen LogP contribution in [0.15, 0.2) is 52.0 Å². The number of hydrogen-bond acceptors (Lipinski definition) is 8. The molecule has 3 rings (SSSR count). The van der Waals surface area contributed by atoms with E-state index >= 15 is 0 Å². The van der Waals surface area contributed by atoms with E-state index in [1.165, 1.54) is 23.0 Å². The van der Waals surface area contributed by atoms with Gasteiger partial charge in [0.05, 0.1) is 21.3 Å². The van der Waals surface area contributed by atoms with Crippen LogP contribution in [0.3, 0.4) is 0 Å². The number of non-ortho nitro benzene ring substituents is 1. The summed E-state index contributed by atoms with van der Waals surface area (Å²) in [5, 5.41) is 36.0. The van der Waals surface area contributed by atoms with Crippen molar-refractivity contribution in [2.45, 2.75) is 0 Å². The molecule has 1 heterocycles. The number of nitrogens with one attached hydrogen (secondary N) is 1. The Bertz CT molecular complexity index is 943. The van der Waals surface area contributed by atoms with Crippen LogP contribution in [0.25, 0.3) is 5.69 Å². The Labute approximate surface area is 149 Å². The molecule has 0 amide bonds. The fourth-order valence-electron chi connectivity index (χ4n) is 1.97. The summed E-state index contributed by atoms with van der Waals surface area (Å²) in [6, 6.07) is 11.6. The number of hydrazone groups is 1. The smallest absolute Gasteiger partial charge is 0.271 e. The molecule has 1 aromatic heterocycles. The maximum absolute atomic E-state index is 10.9. The van der Waals surface area contributed by atoms with E-state index in [0.717, 1.165) is 5.69 Å². The SMILES string of the molecule is O=[N+]([O-])c1cc(Br)c(O)c(/C=N/Nc2nnnn2-c2ccccc2)c1. The van der Waals surface area contributed by atoms with Gasteiger partial charge in [0.15, 0.2) is 0 Å². The summed E-state index contributed by atoms with van der Waals surface area (Å²) in [5.41, 5.74) is 3.34. The van der Waals surface area contributed by atoms with Crippen molar-refractivity contribution in [2.75, 3.05) is 5.43 Å². The number of aromatic hydroxyl groups is 1. The second-order valence-corrected chi connectivity index (χ2v) is 5.60. The van der Waals surface area contributed by atoms with Crippen molar-refractivity contribution in [3.05, 3.63) is 62.6 Å². The number of nitro groups is 1. The Hall–Kier alpha value is -3.34. The number of phenols is 1. The molecule has 0 aliphatic carbocycles. The molecule has 0 aliphatic heterocycles. The van der Waals surface area contributed by atoms with Gasteiger partial charge in [-0.05, 0) is 38.5 Å². The summed E-state index contributed by atoms with van der Waals surface area (Å²) in [7, 11) is 0. The molecule has 0 bridgehead atoms. The topological polar surface area (TPSA) is 131 Å². The molecular formula is C14H10BrN7O3. The summed E-state index contributed by atoms with van der Waals surface area (Å²) >= 11 is 3.07.